The number of piperazine rings is 1. The second-order valence-corrected chi connectivity index (χ2v) is 7.00. The maximum Gasteiger partial charge on any atom is 0.123 e. The summed E-state index contributed by atoms with van der Waals surface area (Å²) in [5.41, 5.74) is 2.08. The Balaban J connectivity index is 1.35. The van der Waals surface area contributed by atoms with Crippen LogP contribution in [0.25, 0.3) is 0 Å². The van der Waals surface area contributed by atoms with E-state index in [4.69, 9.17) is 16.3 Å². The molecule has 0 amide bonds. The molecule has 0 spiro atoms. The molecule has 0 radical (unpaired) electrons. The van der Waals surface area contributed by atoms with Crippen LogP contribution in [-0.2, 0) is 11.3 Å². The van der Waals surface area contributed by atoms with Crippen molar-refractivity contribution in [2.24, 2.45) is 0 Å². The quantitative estimate of drug-likeness (QED) is 0.802. The zero-order chi connectivity index (χ0) is 18.4. The van der Waals surface area contributed by atoms with Crippen molar-refractivity contribution in [1.29, 1.82) is 0 Å². The highest BCUT2D eigenvalue weighted by atomic mass is 35.5. The first-order valence-electron chi connectivity index (χ1n) is 8.83. The van der Waals surface area contributed by atoms with E-state index in [1.54, 1.807) is 0 Å². The number of ether oxygens (including phenoxy) is 1. The lowest BCUT2D eigenvalue weighted by atomic mass is 10.2. The van der Waals surface area contributed by atoms with Gasteiger partial charge in [-0.25, -0.2) is 4.39 Å². The van der Waals surface area contributed by atoms with Crippen molar-refractivity contribution in [2.45, 2.75) is 12.7 Å². The van der Waals surface area contributed by atoms with Crippen LogP contribution in [0.15, 0.2) is 48.5 Å². The van der Waals surface area contributed by atoms with E-state index in [0.717, 1.165) is 37.4 Å². The largest absolute Gasteiger partial charge is 0.389 e. The van der Waals surface area contributed by atoms with Crippen LogP contribution in [0.1, 0.15) is 5.56 Å². The van der Waals surface area contributed by atoms with E-state index in [2.05, 4.69) is 9.80 Å². The van der Waals surface area contributed by atoms with E-state index in [1.165, 1.54) is 12.1 Å². The van der Waals surface area contributed by atoms with Gasteiger partial charge in [0.2, 0.25) is 0 Å². The summed E-state index contributed by atoms with van der Waals surface area (Å²) in [7, 11) is 0. The normalized spacial score (nSPS) is 16.7. The van der Waals surface area contributed by atoms with Gasteiger partial charge in [-0.05, 0) is 42.0 Å². The number of halogens is 2. The lowest BCUT2D eigenvalue weighted by Gasteiger charge is -2.36. The Morgan fingerprint density at radius 3 is 2.31 bits per heavy atom. The summed E-state index contributed by atoms with van der Waals surface area (Å²) in [6.07, 6.45) is -0.514. The average Bonchev–Trinajstić information content (AvgIpc) is 2.65. The lowest BCUT2D eigenvalue weighted by Crippen LogP contribution is -2.49. The minimum Gasteiger partial charge on any atom is -0.389 e. The molecule has 6 heteroatoms. The van der Waals surface area contributed by atoms with Crippen LogP contribution in [0.4, 0.5) is 10.1 Å². The van der Waals surface area contributed by atoms with Gasteiger partial charge in [0, 0.05) is 43.4 Å². The van der Waals surface area contributed by atoms with Gasteiger partial charge in [-0.2, -0.15) is 0 Å². The highest BCUT2D eigenvalue weighted by Gasteiger charge is 2.19. The SMILES string of the molecule is O[C@H](COCc1ccc(Cl)cc1)CN1CCN(c2ccc(F)cc2)CC1. The summed E-state index contributed by atoms with van der Waals surface area (Å²) in [5, 5.41) is 10.9. The van der Waals surface area contributed by atoms with Crippen molar-refractivity contribution in [3.8, 4) is 0 Å². The molecule has 2 aromatic carbocycles. The molecule has 0 aliphatic carbocycles. The molecule has 1 fully saturated rings. The molecular formula is C20H24ClFN2O2. The number of aliphatic hydroxyl groups is 1. The molecule has 1 N–H and O–H groups in total. The minimum absolute atomic E-state index is 0.214. The third-order valence-corrected chi connectivity index (χ3v) is 4.78. The van der Waals surface area contributed by atoms with Gasteiger partial charge in [0.15, 0.2) is 0 Å². The second-order valence-electron chi connectivity index (χ2n) is 6.56. The third-order valence-electron chi connectivity index (χ3n) is 4.53. The first-order valence-corrected chi connectivity index (χ1v) is 9.21. The summed E-state index contributed by atoms with van der Waals surface area (Å²) >= 11 is 5.85. The van der Waals surface area contributed by atoms with E-state index < -0.39 is 6.10 Å². The molecule has 2 aromatic rings. The standard InChI is InChI=1S/C20H24ClFN2O2/c21-17-3-1-16(2-4-17)14-26-15-20(25)13-23-9-11-24(12-10-23)19-7-5-18(22)6-8-19/h1-8,20,25H,9-15H2/t20-/m0/s1. The van der Waals surface area contributed by atoms with E-state index in [9.17, 15) is 9.50 Å². The fourth-order valence-electron chi connectivity index (χ4n) is 3.08. The average molecular weight is 379 g/mol. The van der Waals surface area contributed by atoms with Crippen LogP contribution in [0.5, 0.6) is 0 Å². The molecule has 26 heavy (non-hydrogen) atoms. The molecule has 0 saturated carbocycles. The monoisotopic (exact) mass is 378 g/mol. The van der Waals surface area contributed by atoms with Crippen LogP contribution >= 0.6 is 11.6 Å². The van der Waals surface area contributed by atoms with Crippen LogP contribution in [0.3, 0.4) is 0 Å². The van der Waals surface area contributed by atoms with Gasteiger partial charge in [0.05, 0.1) is 19.3 Å². The Bertz CT molecular complexity index is 673. The Kier molecular flexibility index (Phi) is 6.86. The maximum atomic E-state index is 13.0. The van der Waals surface area contributed by atoms with Crippen molar-refractivity contribution >= 4 is 17.3 Å². The van der Waals surface area contributed by atoms with Crippen molar-refractivity contribution in [3.63, 3.8) is 0 Å². The van der Waals surface area contributed by atoms with Gasteiger partial charge in [-0.3, -0.25) is 4.90 Å². The minimum atomic E-state index is -0.514. The molecule has 140 valence electrons. The molecule has 0 bridgehead atoms. The predicted octanol–water partition coefficient (Wildman–Crippen LogP) is 3.18. The lowest BCUT2D eigenvalue weighted by molar-refractivity contribution is 0.00914. The molecule has 4 nitrogen and oxygen atoms in total. The molecule has 0 aromatic heterocycles. The predicted molar refractivity (Wildman–Crippen MR) is 102 cm³/mol. The van der Waals surface area contributed by atoms with Crippen LogP contribution in [-0.4, -0.2) is 55.4 Å². The molecule has 3 rings (SSSR count). The number of benzene rings is 2. The van der Waals surface area contributed by atoms with E-state index >= 15 is 0 Å². The number of β-amino-alcohol motifs (C(OH)–C–C–N with tert-alkyl or cyclic N) is 1. The first kappa shape index (κ1) is 19.1. The molecule has 1 saturated heterocycles. The zero-order valence-electron chi connectivity index (χ0n) is 14.7. The van der Waals surface area contributed by atoms with Gasteiger partial charge in [0.1, 0.15) is 5.82 Å². The highest BCUT2D eigenvalue weighted by molar-refractivity contribution is 6.30. The Morgan fingerprint density at radius 1 is 1.00 bits per heavy atom. The van der Waals surface area contributed by atoms with E-state index in [0.29, 0.717) is 24.8 Å². The van der Waals surface area contributed by atoms with Gasteiger partial charge in [-0.1, -0.05) is 23.7 Å². The Hall–Kier alpha value is -1.66. The van der Waals surface area contributed by atoms with Crippen molar-refractivity contribution in [3.05, 3.63) is 64.9 Å². The van der Waals surface area contributed by atoms with Gasteiger partial charge in [-0.15, -0.1) is 0 Å². The summed E-state index contributed by atoms with van der Waals surface area (Å²) in [6.45, 7) is 4.83. The molecule has 1 aliphatic rings. The Labute approximate surface area is 158 Å². The van der Waals surface area contributed by atoms with E-state index in [-0.39, 0.29) is 5.82 Å². The molecule has 1 heterocycles. The first-order chi connectivity index (χ1) is 12.6. The third kappa shape index (κ3) is 5.68. The molecular weight excluding hydrogens is 355 g/mol. The second kappa shape index (κ2) is 9.33. The number of hydrogen-bond donors (Lipinski definition) is 1. The maximum absolute atomic E-state index is 13.0. The zero-order valence-corrected chi connectivity index (χ0v) is 15.4. The van der Waals surface area contributed by atoms with Gasteiger partial charge >= 0.3 is 0 Å². The summed E-state index contributed by atoms with van der Waals surface area (Å²) in [4.78, 5) is 4.47. The van der Waals surface area contributed by atoms with Crippen molar-refractivity contribution < 1.29 is 14.2 Å². The molecule has 1 atom stereocenters. The van der Waals surface area contributed by atoms with Crippen molar-refractivity contribution in [2.75, 3.05) is 44.2 Å². The number of aliphatic hydroxyl groups excluding tert-OH is 1. The number of rotatable bonds is 7. The molecule has 1 aliphatic heterocycles. The van der Waals surface area contributed by atoms with Crippen LogP contribution in [0, 0.1) is 5.82 Å². The number of nitrogens with zero attached hydrogens (tertiary/aromatic N) is 2. The van der Waals surface area contributed by atoms with Crippen LogP contribution < -0.4 is 4.90 Å². The number of hydrogen-bond acceptors (Lipinski definition) is 4. The van der Waals surface area contributed by atoms with Gasteiger partial charge < -0.3 is 14.7 Å². The van der Waals surface area contributed by atoms with E-state index in [1.807, 2.05) is 36.4 Å². The topological polar surface area (TPSA) is 35.9 Å². The highest BCUT2D eigenvalue weighted by Crippen LogP contribution is 2.17. The fourth-order valence-corrected chi connectivity index (χ4v) is 3.21. The summed E-state index contributed by atoms with van der Waals surface area (Å²) < 4.78 is 18.6. The number of anilines is 1. The van der Waals surface area contributed by atoms with Crippen LogP contribution in [0.2, 0.25) is 5.02 Å². The van der Waals surface area contributed by atoms with Crippen molar-refractivity contribution in [1.82, 2.24) is 4.90 Å². The fraction of sp³-hybridized carbons (Fsp3) is 0.400. The van der Waals surface area contributed by atoms with Gasteiger partial charge in [0.25, 0.3) is 0 Å². The Morgan fingerprint density at radius 2 is 1.65 bits per heavy atom. The summed E-state index contributed by atoms with van der Waals surface area (Å²) in [5.74, 6) is -0.214. The molecule has 0 unspecified atom stereocenters. The summed E-state index contributed by atoms with van der Waals surface area (Å²) in [6, 6.07) is 14.1. The smallest absolute Gasteiger partial charge is 0.123 e.